The molecule has 26 heavy (non-hydrogen) atoms. The van der Waals surface area contributed by atoms with E-state index < -0.39 is 15.6 Å². The van der Waals surface area contributed by atoms with Gasteiger partial charge in [-0.25, -0.2) is 12.7 Å². The predicted octanol–water partition coefficient (Wildman–Crippen LogP) is 2.22. The highest BCUT2D eigenvalue weighted by atomic mass is 32.2. The van der Waals surface area contributed by atoms with Gasteiger partial charge in [0.1, 0.15) is 11.4 Å². The third-order valence-corrected chi connectivity index (χ3v) is 7.46. The number of hydrogen-bond acceptors (Lipinski definition) is 4. The molecule has 0 radical (unpaired) electrons. The Labute approximate surface area is 155 Å². The van der Waals surface area contributed by atoms with Crippen molar-refractivity contribution in [3.8, 4) is 5.75 Å². The number of fused-ring (bicyclic) bond motifs is 1. The molecule has 1 amide bonds. The van der Waals surface area contributed by atoms with Crippen LogP contribution in [0.15, 0.2) is 24.3 Å². The molecule has 0 bridgehead atoms. The summed E-state index contributed by atoms with van der Waals surface area (Å²) in [4.78, 5) is 12.6. The average molecular weight is 378 g/mol. The van der Waals surface area contributed by atoms with Gasteiger partial charge in [0.2, 0.25) is 15.9 Å². The van der Waals surface area contributed by atoms with Crippen LogP contribution in [0.2, 0.25) is 0 Å². The summed E-state index contributed by atoms with van der Waals surface area (Å²) in [6, 6.07) is 7.76. The molecule has 1 aromatic rings. The van der Waals surface area contributed by atoms with Crippen LogP contribution < -0.4 is 10.1 Å². The lowest BCUT2D eigenvalue weighted by molar-refractivity contribution is -0.127. The van der Waals surface area contributed by atoms with E-state index in [9.17, 15) is 13.2 Å². The molecule has 0 unspecified atom stereocenters. The Morgan fingerprint density at radius 3 is 2.46 bits per heavy atom. The zero-order valence-corrected chi connectivity index (χ0v) is 16.1. The first-order valence-electron chi connectivity index (χ1n) is 9.25. The normalized spacial score (nSPS) is 26.6. The predicted molar refractivity (Wildman–Crippen MR) is 98.3 cm³/mol. The van der Waals surface area contributed by atoms with E-state index in [1.807, 2.05) is 31.2 Å². The lowest BCUT2D eigenvalue weighted by Gasteiger charge is -2.46. The number of amides is 1. The quantitative estimate of drug-likeness (QED) is 0.875. The Bertz CT molecular complexity index is 824. The molecule has 1 atom stereocenters. The van der Waals surface area contributed by atoms with Gasteiger partial charge in [0.25, 0.3) is 0 Å². The summed E-state index contributed by atoms with van der Waals surface area (Å²) in [7, 11) is -3.18. The van der Waals surface area contributed by atoms with Crippen molar-refractivity contribution in [2.75, 3.05) is 19.3 Å². The Morgan fingerprint density at radius 1 is 1.19 bits per heavy atom. The maximum absolute atomic E-state index is 12.6. The van der Waals surface area contributed by atoms with Crippen LogP contribution in [0, 0.1) is 5.41 Å². The van der Waals surface area contributed by atoms with E-state index in [2.05, 4.69) is 5.32 Å². The van der Waals surface area contributed by atoms with Crippen LogP contribution in [0.4, 0.5) is 0 Å². The first-order chi connectivity index (χ1) is 12.2. The van der Waals surface area contributed by atoms with E-state index in [-0.39, 0.29) is 17.4 Å². The van der Waals surface area contributed by atoms with Crippen molar-refractivity contribution in [2.45, 2.75) is 50.7 Å². The summed E-state index contributed by atoms with van der Waals surface area (Å²) in [5, 5.41) is 3.24. The van der Waals surface area contributed by atoms with Gasteiger partial charge in [-0.05, 0) is 18.9 Å². The monoisotopic (exact) mass is 378 g/mol. The number of nitrogens with one attached hydrogen (secondary N) is 1. The van der Waals surface area contributed by atoms with Crippen molar-refractivity contribution in [1.29, 1.82) is 0 Å². The molecule has 1 saturated carbocycles. The van der Waals surface area contributed by atoms with E-state index in [4.69, 9.17) is 4.74 Å². The summed E-state index contributed by atoms with van der Waals surface area (Å²) in [6.45, 7) is 2.92. The lowest BCUT2D eigenvalue weighted by Crippen LogP contribution is -2.53. The van der Waals surface area contributed by atoms with Gasteiger partial charge in [0.15, 0.2) is 0 Å². The van der Waals surface area contributed by atoms with Gasteiger partial charge in [-0.3, -0.25) is 4.79 Å². The minimum Gasteiger partial charge on any atom is -0.487 e. The first kappa shape index (κ1) is 17.8. The molecular weight excluding hydrogens is 352 g/mol. The minimum atomic E-state index is -3.18. The van der Waals surface area contributed by atoms with Crippen molar-refractivity contribution in [3.05, 3.63) is 29.8 Å². The van der Waals surface area contributed by atoms with Crippen molar-refractivity contribution in [2.24, 2.45) is 5.41 Å². The maximum Gasteiger partial charge on any atom is 0.226 e. The second-order valence-electron chi connectivity index (χ2n) is 8.28. The second kappa shape index (κ2) is 5.96. The van der Waals surface area contributed by atoms with Crippen LogP contribution in [0.1, 0.15) is 50.6 Å². The molecule has 2 aliphatic heterocycles. The van der Waals surface area contributed by atoms with Gasteiger partial charge in [-0.1, -0.05) is 25.1 Å². The third-order valence-electron chi connectivity index (χ3n) is 6.15. The van der Waals surface area contributed by atoms with Gasteiger partial charge in [-0.15, -0.1) is 0 Å². The molecule has 3 aliphatic rings. The molecule has 0 aromatic heterocycles. The van der Waals surface area contributed by atoms with Crippen LogP contribution in [-0.4, -0.2) is 43.6 Å². The lowest BCUT2D eigenvalue weighted by atomic mass is 9.81. The number of carbonyl (C=O) groups is 1. The zero-order valence-electron chi connectivity index (χ0n) is 15.3. The van der Waals surface area contributed by atoms with Gasteiger partial charge in [0, 0.05) is 43.3 Å². The molecular formula is C19H26N2O4S. The smallest absolute Gasteiger partial charge is 0.226 e. The van der Waals surface area contributed by atoms with Crippen molar-refractivity contribution >= 4 is 15.9 Å². The molecule has 7 heteroatoms. The van der Waals surface area contributed by atoms with Crippen molar-refractivity contribution in [3.63, 3.8) is 0 Å². The molecule has 2 heterocycles. The number of piperidine rings is 1. The number of ether oxygens (including phenoxy) is 1. The SMILES string of the molecule is CC1(C(=O)N[C@H]2CC3(CCN(S(C)(=O)=O)CC3)Oc3ccccc32)CC1. The number of benzene rings is 1. The largest absolute Gasteiger partial charge is 0.487 e. The number of nitrogens with zero attached hydrogens (tertiary/aromatic N) is 1. The number of para-hydroxylation sites is 1. The van der Waals surface area contributed by atoms with E-state index in [0.29, 0.717) is 32.4 Å². The summed E-state index contributed by atoms with van der Waals surface area (Å²) in [5.41, 5.74) is 0.374. The summed E-state index contributed by atoms with van der Waals surface area (Å²) in [6.07, 6.45) is 5.09. The molecule has 1 N–H and O–H groups in total. The Kier molecular flexibility index (Phi) is 4.08. The maximum atomic E-state index is 12.6. The minimum absolute atomic E-state index is 0.0883. The highest BCUT2D eigenvalue weighted by molar-refractivity contribution is 7.88. The van der Waals surface area contributed by atoms with E-state index in [1.165, 1.54) is 10.6 Å². The fourth-order valence-electron chi connectivity index (χ4n) is 4.03. The van der Waals surface area contributed by atoms with Gasteiger partial charge in [0.05, 0.1) is 12.3 Å². The number of rotatable bonds is 3. The summed E-state index contributed by atoms with van der Waals surface area (Å²) >= 11 is 0. The van der Waals surface area contributed by atoms with Gasteiger partial charge < -0.3 is 10.1 Å². The van der Waals surface area contributed by atoms with Gasteiger partial charge >= 0.3 is 0 Å². The highest BCUT2D eigenvalue weighted by Crippen LogP contribution is 2.48. The van der Waals surface area contributed by atoms with E-state index >= 15 is 0 Å². The fourth-order valence-corrected chi connectivity index (χ4v) is 4.87. The second-order valence-corrected chi connectivity index (χ2v) is 10.3. The van der Waals surface area contributed by atoms with Crippen LogP contribution in [0.5, 0.6) is 5.75 Å². The molecule has 1 aromatic carbocycles. The van der Waals surface area contributed by atoms with Gasteiger partial charge in [-0.2, -0.15) is 0 Å². The van der Waals surface area contributed by atoms with Crippen molar-refractivity contribution < 1.29 is 17.9 Å². The Balaban J connectivity index is 1.57. The number of sulfonamides is 1. The molecule has 4 rings (SSSR count). The average Bonchev–Trinajstić information content (AvgIpc) is 3.33. The molecule has 2 fully saturated rings. The molecule has 6 nitrogen and oxygen atoms in total. The summed E-state index contributed by atoms with van der Waals surface area (Å²) in [5.74, 6) is 0.917. The molecule has 1 saturated heterocycles. The number of hydrogen-bond donors (Lipinski definition) is 1. The Morgan fingerprint density at radius 2 is 1.85 bits per heavy atom. The fraction of sp³-hybridized carbons (Fsp3) is 0.632. The van der Waals surface area contributed by atoms with Crippen molar-refractivity contribution in [1.82, 2.24) is 9.62 Å². The highest BCUT2D eigenvalue weighted by Gasteiger charge is 2.48. The van der Waals surface area contributed by atoms with Crippen LogP contribution in [0.25, 0.3) is 0 Å². The standard InChI is InChI=1S/C19H26N2O4S/c1-18(7-8-18)17(22)20-15-13-19(25-16-6-4-3-5-14(15)16)9-11-21(12-10-19)26(2,23)24/h3-6,15H,7-13H2,1-2H3,(H,20,22)/t15-/m0/s1. The topological polar surface area (TPSA) is 75.7 Å². The zero-order chi connectivity index (χ0) is 18.6. The molecule has 1 aliphatic carbocycles. The molecule has 142 valence electrons. The Hall–Kier alpha value is -1.60. The first-order valence-corrected chi connectivity index (χ1v) is 11.1. The molecule has 1 spiro atoms. The van der Waals surface area contributed by atoms with Crippen LogP contribution in [-0.2, 0) is 14.8 Å². The van der Waals surface area contributed by atoms with Crippen LogP contribution in [0.3, 0.4) is 0 Å². The van der Waals surface area contributed by atoms with Crippen LogP contribution >= 0.6 is 0 Å². The van der Waals surface area contributed by atoms with E-state index in [1.54, 1.807) is 0 Å². The van der Waals surface area contributed by atoms with E-state index in [0.717, 1.165) is 24.2 Å². The third kappa shape index (κ3) is 3.22. The number of carbonyl (C=O) groups excluding carboxylic acids is 1. The summed E-state index contributed by atoms with van der Waals surface area (Å²) < 4.78 is 31.5.